The summed E-state index contributed by atoms with van der Waals surface area (Å²) < 4.78 is 5.24. The molecule has 2 aliphatic rings. The lowest BCUT2D eigenvalue weighted by molar-refractivity contribution is -0.144. The molecule has 0 aromatic heterocycles. The molecule has 1 saturated heterocycles. The highest BCUT2D eigenvalue weighted by atomic mass is 16.5. The zero-order valence-corrected chi connectivity index (χ0v) is 10.6. The van der Waals surface area contributed by atoms with Crippen molar-refractivity contribution in [3.8, 4) is 0 Å². The summed E-state index contributed by atoms with van der Waals surface area (Å²) >= 11 is 0. The van der Waals surface area contributed by atoms with Gasteiger partial charge in [-0.05, 0) is 26.2 Å². The van der Waals surface area contributed by atoms with Crippen LogP contribution in [0.4, 0.5) is 4.79 Å². The molecule has 6 nitrogen and oxygen atoms in total. The van der Waals surface area contributed by atoms with Gasteiger partial charge in [-0.15, -0.1) is 0 Å². The molecular formula is C12H20N2O4. The Hall–Kier alpha value is -1.30. The number of aliphatic carboxylic acids is 1. The van der Waals surface area contributed by atoms with Crippen molar-refractivity contribution < 1.29 is 19.4 Å². The smallest absolute Gasteiger partial charge is 0.329 e. The summed E-state index contributed by atoms with van der Waals surface area (Å²) in [5, 5.41) is 14.7. The quantitative estimate of drug-likeness (QED) is 0.699. The molecule has 0 aromatic rings. The summed E-state index contributed by atoms with van der Waals surface area (Å²) in [6.07, 6.45) is 3.44. The normalized spacial score (nSPS) is 30.1. The lowest BCUT2D eigenvalue weighted by atomic mass is 9.98. The van der Waals surface area contributed by atoms with E-state index in [1.807, 2.05) is 6.92 Å². The first-order valence-corrected chi connectivity index (χ1v) is 6.37. The third kappa shape index (κ3) is 2.58. The Bertz CT molecular complexity index is 344. The van der Waals surface area contributed by atoms with E-state index in [9.17, 15) is 14.7 Å². The Morgan fingerprint density at radius 1 is 1.17 bits per heavy atom. The van der Waals surface area contributed by atoms with Crippen LogP contribution in [0, 0.1) is 0 Å². The zero-order valence-electron chi connectivity index (χ0n) is 10.6. The van der Waals surface area contributed by atoms with E-state index in [0.29, 0.717) is 26.1 Å². The maximum absolute atomic E-state index is 11.9. The molecular weight excluding hydrogens is 236 g/mol. The lowest BCUT2D eigenvalue weighted by Gasteiger charge is -2.29. The number of carbonyl (C=O) groups is 2. The fourth-order valence-electron chi connectivity index (χ4n) is 2.66. The highest BCUT2D eigenvalue weighted by Gasteiger charge is 2.43. The second kappa shape index (κ2) is 4.76. The number of carboxylic acid groups (broad SMARTS) is 1. The minimum absolute atomic E-state index is 0.387. The fraction of sp³-hybridized carbons (Fsp3) is 0.833. The second-order valence-corrected chi connectivity index (χ2v) is 5.54. The molecule has 0 aromatic carbocycles. The predicted octanol–water partition coefficient (Wildman–Crippen LogP) is 0.862. The topological polar surface area (TPSA) is 87.7 Å². The summed E-state index contributed by atoms with van der Waals surface area (Å²) in [6.45, 7) is 3.00. The molecule has 102 valence electrons. The molecule has 1 aliphatic carbocycles. The summed E-state index contributed by atoms with van der Waals surface area (Å²) in [7, 11) is 0. The first-order chi connectivity index (χ1) is 8.46. The number of hydrogen-bond acceptors (Lipinski definition) is 3. The molecule has 1 atom stereocenters. The van der Waals surface area contributed by atoms with Gasteiger partial charge < -0.3 is 20.5 Å². The van der Waals surface area contributed by atoms with Crippen LogP contribution in [0.25, 0.3) is 0 Å². The first-order valence-electron chi connectivity index (χ1n) is 6.37. The first kappa shape index (κ1) is 13.1. The van der Waals surface area contributed by atoms with Gasteiger partial charge in [0.1, 0.15) is 5.54 Å². The van der Waals surface area contributed by atoms with Gasteiger partial charge in [-0.2, -0.15) is 0 Å². The third-order valence-electron chi connectivity index (χ3n) is 3.85. The van der Waals surface area contributed by atoms with E-state index in [1.54, 1.807) is 0 Å². The highest BCUT2D eigenvalue weighted by Crippen LogP contribution is 2.30. The van der Waals surface area contributed by atoms with E-state index in [1.165, 1.54) is 0 Å². The highest BCUT2D eigenvalue weighted by molar-refractivity contribution is 5.86. The van der Waals surface area contributed by atoms with Crippen LogP contribution in [0.3, 0.4) is 0 Å². The van der Waals surface area contributed by atoms with Crippen molar-refractivity contribution in [2.45, 2.75) is 50.1 Å². The van der Waals surface area contributed by atoms with E-state index in [4.69, 9.17) is 4.74 Å². The number of urea groups is 1. The molecule has 0 bridgehead atoms. The molecule has 1 unspecified atom stereocenters. The van der Waals surface area contributed by atoms with Crippen molar-refractivity contribution >= 4 is 12.0 Å². The summed E-state index contributed by atoms with van der Waals surface area (Å²) in [6, 6.07) is -0.410. The SMILES string of the molecule is CC1(NC(=O)NC2(C(=O)O)CCCC2)CCOC1. The molecule has 0 radical (unpaired) electrons. The maximum atomic E-state index is 11.9. The number of carbonyl (C=O) groups excluding carboxylic acids is 1. The van der Waals surface area contributed by atoms with Crippen LogP contribution in [-0.2, 0) is 9.53 Å². The molecule has 2 amide bonds. The van der Waals surface area contributed by atoms with Crippen LogP contribution >= 0.6 is 0 Å². The van der Waals surface area contributed by atoms with Gasteiger partial charge in [-0.3, -0.25) is 0 Å². The maximum Gasteiger partial charge on any atom is 0.329 e. The Balaban J connectivity index is 1.95. The van der Waals surface area contributed by atoms with Crippen molar-refractivity contribution in [3.05, 3.63) is 0 Å². The minimum atomic E-state index is -1.08. The molecule has 2 fully saturated rings. The lowest BCUT2D eigenvalue weighted by Crippen LogP contribution is -2.59. The van der Waals surface area contributed by atoms with Crippen molar-refractivity contribution in [3.63, 3.8) is 0 Å². The molecule has 2 rings (SSSR count). The molecule has 18 heavy (non-hydrogen) atoms. The van der Waals surface area contributed by atoms with Gasteiger partial charge in [-0.1, -0.05) is 12.8 Å². The van der Waals surface area contributed by atoms with E-state index in [-0.39, 0.29) is 5.54 Å². The average Bonchev–Trinajstić information content (AvgIpc) is 2.88. The van der Waals surface area contributed by atoms with Crippen molar-refractivity contribution in [2.24, 2.45) is 0 Å². The fourth-order valence-corrected chi connectivity index (χ4v) is 2.66. The molecule has 3 N–H and O–H groups in total. The zero-order chi connectivity index (χ0) is 13.2. The van der Waals surface area contributed by atoms with E-state index in [0.717, 1.165) is 19.3 Å². The van der Waals surface area contributed by atoms with Gasteiger partial charge >= 0.3 is 12.0 Å². The minimum Gasteiger partial charge on any atom is -0.480 e. The summed E-state index contributed by atoms with van der Waals surface area (Å²) in [4.78, 5) is 23.2. The largest absolute Gasteiger partial charge is 0.480 e. The monoisotopic (exact) mass is 256 g/mol. The number of hydrogen-bond donors (Lipinski definition) is 3. The molecule has 1 aliphatic heterocycles. The average molecular weight is 256 g/mol. The number of carboxylic acids is 1. The van der Waals surface area contributed by atoms with Crippen molar-refractivity contribution in [1.82, 2.24) is 10.6 Å². The van der Waals surface area contributed by atoms with Gasteiger partial charge in [0.15, 0.2) is 0 Å². The van der Waals surface area contributed by atoms with Gasteiger partial charge in [0, 0.05) is 6.61 Å². The standard InChI is InChI=1S/C12H20N2O4/c1-11(6-7-18-8-11)13-10(17)14-12(9(15)16)4-2-3-5-12/h2-8H2,1H3,(H,15,16)(H2,13,14,17). The summed E-state index contributed by atoms with van der Waals surface area (Å²) in [5.74, 6) is -0.942. The van der Waals surface area contributed by atoms with Crippen LogP contribution in [0.2, 0.25) is 0 Å². The Kier molecular flexibility index (Phi) is 3.47. The Morgan fingerprint density at radius 3 is 2.33 bits per heavy atom. The number of nitrogens with one attached hydrogen (secondary N) is 2. The third-order valence-corrected chi connectivity index (χ3v) is 3.85. The Labute approximate surface area is 106 Å². The number of ether oxygens (including phenoxy) is 1. The molecule has 6 heteroatoms. The van der Waals surface area contributed by atoms with Crippen LogP contribution in [0.5, 0.6) is 0 Å². The van der Waals surface area contributed by atoms with Crippen LogP contribution in [0.15, 0.2) is 0 Å². The number of amides is 2. The van der Waals surface area contributed by atoms with Crippen LogP contribution < -0.4 is 10.6 Å². The van der Waals surface area contributed by atoms with Crippen molar-refractivity contribution in [1.29, 1.82) is 0 Å². The second-order valence-electron chi connectivity index (χ2n) is 5.54. The number of rotatable bonds is 3. The summed E-state index contributed by atoms with van der Waals surface area (Å²) in [5.41, 5.74) is -1.47. The van der Waals surface area contributed by atoms with E-state index < -0.39 is 17.5 Å². The molecule has 1 heterocycles. The van der Waals surface area contributed by atoms with Crippen LogP contribution in [-0.4, -0.2) is 41.4 Å². The van der Waals surface area contributed by atoms with Crippen molar-refractivity contribution in [2.75, 3.05) is 13.2 Å². The van der Waals surface area contributed by atoms with Gasteiger partial charge in [0.05, 0.1) is 12.1 Å². The van der Waals surface area contributed by atoms with Gasteiger partial charge in [0.25, 0.3) is 0 Å². The van der Waals surface area contributed by atoms with E-state index in [2.05, 4.69) is 10.6 Å². The van der Waals surface area contributed by atoms with Gasteiger partial charge in [0.2, 0.25) is 0 Å². The van der Waals surface area contributed by atoms with Crippen LogP contribution in [0.1, 0.15) is 39.0 Å². The van der Waals surface area contributed by atoms with E-state index >= 15 is 0 Å². The predicted molar refractivity (Wildman–Crippen MR) is 64.3 cm³/mol. The van der Waals surface area contributed by atoms with Gasteiger partial charge in [-0.25, -0.2) is 9.59 Å². The Morgan fingerprint density at radius 2 is 1.83 bits per heavy atom. The molecule has 0 spiro atoms. The molecule has 1 saturated carbocycles.